The lowest BCUT2D eigenvalue weighted by Gasteiger charge is -2.35. The van der Waals surface area contributed by atoms with Gasteiger partial charge in [-0.1, -0.05) is 6.92 Å². The minimum Gasteiger partial charge on any atom is -0.339 e. The maximum Gasteiger partial charge on any atom is 0.240 e. The molecule has 0 radical (unpaired) electrons. The van der Waals surface area contributed by atoms with Crippen molar-refractivity contribution in [3.63, 3.8) is 0 Å². The molecule has 0 aliphatic carbocycles. The minimum atomic E-state index is -0.382. The summed E-state index contributed by atoms with van der Waals surface area (Å²) in [5, 5.41) is -0.382. The van der Waals surface area contributed by atoms with E-state index in [1.165, 1.54) is 6.42 Å². The Bertz CT molecular complexity index is 189. The third kappa shape index (κ3) is 3.14. The van der Waals surface area contributed by atoms with Crippen molar-refractivity contribution < 1.29 is 4.79 Å². The van der Waals surface area contributed by atoms with E-state index < -0.39 is 0 Å². The van der Waals surface area contributed by atoms with Gasteiger partial charge in [0.1, 0.15) is 5.38 Å². The van der Waals surface area contributed by atoms with Gasteiger partial charge < -0.3 is 4.90 Å². The number of rotatable bonds is 3. The average Bonchev–Trinajstić information content (AvgIpc) is 2.18. The number of hydrogen-bond acceptors (Lipinski definition) is 2. The maximum absolute atomic E-state index is 11.5. The predicted octanol–water partition coefficient (Wildman–Crippen LogP) is 1.17. The summed E-state index contributed by atoms with van der Waals surface area (Å²) in [6.07, 6.45) is 1.18. The van der Waals surface area contributed by atoms with Gasteiger partial charge in [0.2, 0.25) is 5.91 Å². The first-order chi connectivity index (χ1) is 6.65. The monoisotopic (exact) mass is 218 g/mol. The molecule has 1 fully saturated rings. The molecule has 0 saturated carbocycles. The van der Waals surface area contributed by atoms with Crippen LogP contribution >= 0.6 is 11.6 Å². The number of halogens is 1. The topological polar surface area (TPSA) is 23.6 Å². The molecule has 0 aromatic carbocycles. The van der Waals surface area contributed by atoms with Crippen molar-refractivity contribution in [3.05, 3.63) is 0 Å². The second-order valence-electron chi connectivity index (χ2n) is 3.78. The van der Waals surface area contributed by atoms with Crippen LogP contribution in [0, 0.1) is 0 Å². The van der Waals surface area contributed by atoms with Gasteiger partial charge in [-0.2, -0.15) is 0 Å². The number of hydrogen-bond donors (Lipinski definition) is 0. The van der Waals surface area contributed by atoms with E-state index in [9.17, 15) is 4.79 Å². The van der Waals surface area contributed by atoms with Gasteiger partial charge in [-0.05, 0) is 19.9 Å². The molecular formula is C10H19ClN2O. The third-order valence-corrected chi connectivity index (χ3v) is 2.75. The summed E-state index contributed by atoms with van der Waals surface area (Å²) in [6.45, 7) is 8.69. The Labute approximate surface area is 91.0 Å². The van der Waals surface area contributed by atoms with Crippen molar-refractivity contribution in [2.24, 2.45) is 0 Å². The van der Waals surface area contributed by atoms with E-state index in [4.69, 9.17) is 11.6 Å². The Morgan fingerprint density at radius 1 is 1.36 bits per heavy atom. The normalized spacial score (nSPS) is 20.9. The fraction of sp³-hybridized carbons (Fsp3) is 0.900. The zero-order valence-corrected chi connectivity index (χ0v) is 9.76. The zero-order valence-electron chi connectivity index (χ0n) is 9.00. The van der Waals surface area contributed by atoms with Crippen LogP contribution in [-0.4, -0.2) is 53.8 Å². The number of piperazine rings is 1. The largest absolute Gasteiger partial charge is 0.339 e. The number of carbonyl (C=O) groups is 1. The highest BCUT2D eigenvalue weighted by Crippen LogP contribution is 2.07. The van der Waals surface area contributed by atoms with Crippen molar-refractivity contribution in [2.45, 2.75) is 25.6 Å². The molecule has 1 heterocycles. The van der Waals surface area contributed by atoms with Crippen molar-refractivity contribution in [2.75, 3.05) is 32.7 Å². The van der Waals surface area contributed by atoms with Crippen LogP contribution in [0.5, 0.6) is 0 Å². The fourth-order valence-corrected chi connectivity index (χ4v) is 1.90. The Hall–Kier alpha value is -0.280. The molecule has 1 amide bonds. The van der Waals surface area contributed by atoms with Crippen LogP contribution in [0.15, 0.2) is 0 Å². The highest BCUT2D eigenvalue weighted by molar-refractivity contribution is 6.30. The molecule has 3 nitrogen and oxygen atoms in total. The number of nitrogens with zero attached hydrogens (tertiary/aromatic N) is 2. The van der Waals surface area contributed by atoms with E-state index in [1.807, 2.05) is 4.90 Å². The second-order valence-corrected chi connectivity index (χ2v) is 4.44. The van der Waals surface area contributed by atoms with Gasteiger partial charge in [0.25, 0.3) is 0 Å². The van der Waals surface area contributed by atoms with Gasteiger partial charge in [0.15, 0.2) is 0 Å². The number of alkyl halides is 1. The van der Waals surface area contributed by atoms with Gasteiger partial charge in [-0.25, -0.2) is 0 Å². The molecule has 0 N–H and O–H groups in total. The van der Waals surface area contributed by atoms with Crippen molar-refractivity contribution in [1.82, 2.24) is 9.80 Å². The molecule has 4 heteroatoms. The van der Waals surface area contributed by atoms with Crippen LogP contribution < -0.4 is 0 Å². The van der Waals surface area contributed by atoms with Gasteiger partial charge in [-0.15, -0.1) is 11.6 Å². The van der Waals surface area contributed by atoms with Crippen molar-refractivity contribution in [1.29, 1.82) is 0 Å². The quantitative estimate of drug-likeness (QED) is 0.664. The Balaban J connectivity index is 2.32. The molecule has 14 heavy (non-hydrogen) atoms. The molecule has 0 aromatic rings. The van der Waals surface area contributed by atoms with Crippen LogP contribution in [0.25, 0.3) is 0 Å². The summed E-state index contributed by atoms with van der Waals surface area (Å²) in [5.74, 6) is 0.0721. The summed E-state index contributed by atoms with van der Waals surface area (Å²) in [7, 11) is 0. The third-order valence-electron chi connectivity index (χ3n) is 2.56. The summed E-state index contributed by atoms with van der Waals surface area (Å²) < 4.78 is 0. The summed E-state index contributed by atoms with van der Waals surface area (Å²) in [4.78, 5) is 15.8. The predicted molar refractivity (Wildman–Crippen MR) is 58.6 cm³/mol. The molecule has 0 bridgehead atoms. The first-order valence-corrected chi connectivity index (χ1v) is 5.74. The standard InChI is InChI=1S/C10H19ClN2O/c1-3-4-12-5-7-13(8-6-12)10(14)9(2)11/h9H,3-8H2,1-2H3. The van der Waals surface area contributed by atoms with Gasteiger partial charge >= 0.3 is 0 Å². The van der Waals surface area contributed by atoms with E-state index in [0.717, 1.165) is 32.7 Å². The first-order valence-electron chi connectivity index (χ1n) is 5.30. The van der Waals surface area contributed by atoms with Crippen LogP contribution in [0.3, 0.4) is 0 Å². The van der Waals surface area contributed by atoms with Crippen molar-refractivity contribution >= 4 is 17.5 Å². The molecular weight excluding hydrogens is 200 g/mol. The lowest BCUT2D eigenvalue weighted by Crippen LogP contribution is -2.50. The molecule has 1 aliphatic rings. The molecule has 1 atom stereocenters. The Kier molecular flexibility index (Phi) is 4.69. The second kappa shape index (κ2) is 5.56. The van der Waals surface area contributed by atoms with Gasteiger partial charge in [0.05, 0.1) is 0 Å². The first kappa shape index (κ1) is 11.8. The minimum absolute atomic E-state index is 0.0721. The molecule has 1 saturated heterocycles. The van der Waals surface area contributed by atoms with E-state index in [0.29, 0.717) is 0 Å². The molecule has 82 valence electrons. The highest BCUT2D eigenvalue weighted by Gasteiger charge is 2.22. The number of carbonyl (C=O) groups excluding carboxylic acids is 1. The van der Waals surface area contributed by atoms with Crippen LogP contribution in [0.1, 0.15) is 20.3 Å². The van der Waals surface area contributed by atoms with E-state index in [-0.39, 0.29) is 11.3 Å². The Morgan fingerprint density at radius 3 is 2.36 bits per heavy atom. The summed E-state index contributed by atoms with van der Waals surface area (Å²) in [6, 6.07) is 0. The fourth-order valence-electron chi connectivity index (χ4n) is 1.76. The van der Waals surface area contributed by atoms with Gasteiger partial charge in [0, 0.05) is 26.2 Å². The molecule has 1 unspecified atom stereocenters. The van der Waals surface area contributed by atoms with Crippen LogP contribution in [0.4, 0.5) is 0 Å². The van der Waals surface area contributed by atoms with E-state index >= 15 is 0 Å². The van der Waals surface area contributed by atoms with Crippen molar-refractivity contribution in [3.8, 4) is 0 Å². The van der Waals surface area contributed by atoms with E-state index in [1.54, 1.807) is 6.92 Å². The van der Waals surface area contributed by atoms with E-state index in [2.05, 4.69) is 11.8 Å². The molecule has 0 spiro atoms. The Morgan fingerprint density at radius 2 is 1.93 bits per heavy atom. The zero-order chi connectivity index (χ0) is 10.6. The number of amides is 1. The summed E-state index contributed by atoms with van der Waals surface area (Å²) >= 11 is 5.75. The highest BCUT2D eigenvalue weighted by atomic mass is 35.5. The summed E-state index contributed by atoms with van der Waals surface area (Å²) in [5.41, 5.74) is 0. The maximum atomic E-state index is 11.5. The molecule has 1 aliphatic heterocycles. The van der Waals surface area contributed by atoms with Crippen LogP contribution in [-0.2, 0) is 4.79 Å². The average molecular weight is 219 g/mol. The lowest BCUT2D eigenvalue weighted by molar-refractivity contribution is -0.132. The SMILES string of the molecule is CCCN1CCN(C(=O)C(C)Cl)CC1. The molecule has 0 aromatic heterocycles. The van der Waals surface area contributed by atoms with Gasteiger partial charge in [-0.3, -0.25) is 9.69 Å². The molecule has 1 rings (SSSR count). The van der Waals surface area contributed by atoms with Crippen LogP contribution in [0.2, 0.25) is 0 Å². The lowest BCUT2D eigenvalue weighted by atomic mass is 10.2. The smallest absolute Gasteiger partial charge is 0.240 e.